The minimum absolute atomic E-state index is 0.0910. The highest BCUT2D eigenvalue weighted by Gasteiger charge is 2.38. The first kappa shape index (κ1) is 12.6. The van der Waals surface area contributed by atoms with E-state index < -0.39 is 6.04 Å². The highest BCUT2D eigenvalue weighted by Crippen LogP contribution is 2.28. The molecule has 0 radical (unpaired) electrons. The molecule has 2 aliphatic rings. The van der Waals surface area contributed by atoms with E-state index in [4.69, 9.17) is 5.73 Å². The lowest BCUT2D eigenvalue weighted by molar-refractivity contribution is -0.123. The molecule has 104 valence electrons. The lowest BCUT2D eigenvalue weighted by atomic mass is 10.1. The number of aryl methyl sites for hydroxylation is 1. The second-order valence-corrected chi connectivity index (χ2v) is 5.57. The number of carbonyl (C=O) groups is 1. The van der Waals surface area contributed by atoms with Crippen molar-refractivity contribution < 1.29 is 4.79 Å². The molecule has 6 heteroatoms. The highest BCUT2D eigenvalue weighted by molar-refractivity contribution is 5.83. The van der Waals surface area contributed by atoms with E-state index >= 15 is 0 Å². The number of aromatic nitrogens is 2. The molecule has 19 heavy (non-hydrogen) atoms. The Morgan fingerprint density at radius 1 is 1.53 bits per heavy atom. The molecule has 3 heterocycles. The summed E-state index contributed by atoms with van der Waals surface area (Å²) in [5, 5.41) is 7.17. The van der Waals surface area contributed by atoms with Gasteiger partial charge in [-0.25, -0.2) is 0 Å². The fourth-order valence-corrected chi connectivity index (χ4v) is 3.28. The van der Waals surface area contributed by atoms with Crippen molar-refractivity contribution in [1.82, 2.24) is 20.0 Å². The van der Waals surface area contributed by atoms with Crippen LogP contribution >= 0.6 is 0 Å². The first-order valence-corrected chi connectivity index (χ1v) is 6.93. The van der Waals surface area contributed by atoms with E-state index in [-0.39, 0.29) is 11.9 Å². The van der Waals surface area contributed by atoms with Crippen LogP contribution < -0.4 is 11.1 Å². The molecule has 6 nitrogen and oxygen atoms in total. The van der Waals surface area contributed by atoms with Gasteiger partial charge in [0.25, 0.3) is 0 Å². The number of fused-ring (bicyclic) bond motifs is 1. The summed E-state index contributed by atoms with van der Waals surface area (Å²) in [4.78, 5) is 14.7. The lowest BCUT2D eigenvalue weighted by Crippen LogP contribution is -2.45. The van der Waals surface area contributed by atoms with E-state index in [2.05, 4.69) is 15.3 Å². The first-order chi connectivity index (χ1) is 9.15. The van der Waals surface area contributed by atoms with Crippen LogP contribution in [0.2, 0.25) is 0 Å². The Labute approximate surface area is 112 Å². The molecule has 1 amide bonds. The van der Waals surface area contributed by atoms with E-state index in [1.165, 1.54) is 19.4 Å². The Morgan fingerprint density at radius 3 is 3.11 bits per heavy atom. The van der Waals surface area contributed by atoms with Gasteiger partial charge in [0, 0.05) is 37.4 Å². The van der Waals surface area contributed by atoms with Gasteiger partial charge < -0.3 is 11.1 Å². The first-order valence-electron chi connectivity index (χ1n) is 6.93. The predicted octanol–water partition coefficient (Wildman–Crippen LogP) is -0.227. The standard InChI is InChI=1S/C13H21N5O/c1-17-8-9(7-15-17)12(14)13(19)16-10-4-6-18-5-2-3-11(10)18/h7-8,10-12H,2-6,14H2,1H3,(H,16,19). The summed E-state index contributed by atoms with van der Waals surface area (Å²) in [5.41, 5.74) is 6.75. The lowest BCUT2D eigenvalue weighted by Gasteiger charge is -2.22. The number of rotatable bonds is 3. The maximum absolute atomic E-state index is 12.2. The molecule has 0 spiro atoms. The average molecular weight is 263 g/mol. The van der Waals surface area contributed by atoms with Crippen molar-refractivity contribution in [3.63, 3.8) is 0 Å². The van der Waals surface area contributed by atoms with Gasteiger partial charge in [0.1, 0.15) is 6.04 Å². The summed E-state index contributed by atoms with van der Waals surface area (Å²) in [6.45, 7) is 2.27. The molecular formula is C13H21N5O. The second kappa shape index (κ2) is 4.94. The van der Waals surface area contributed by atoms with Crippen LogP contribution in [0.5, 0.6) is 0 Å². The van der Waals surface area contributed by atoms with Crippen molar-refractivity contribution in [3.8, 4) is 0 Å². The number of nitrogens with one attached hydrogen (secondary N) is 1. The molecule has 3 N–H and O–H groups in total. The zero-order valence-electron chi connectivity index (χ0n) is 11.2. The topological polar surface area (TPSA) is 76.2 Å². The molecule has 3 atom stereocenters. The molecule has 1 aromatic rings. The van der Waals surface area contributed by atoms with Crippen LogP contribution in [-0.4, -0.2) is 45.8 Å². The maximum Gasteiger partial charge on any atom is 0.241 e. The maximum atomic E-state index is 12.2. The van der Waals surface area contributed by atoms with Gasteiger partial charge in [0.05, 0.1) is 6.20 Å². The summed E-state index contributed by atoms with van der Waals surface area (Å²) in [6, 6.07) is 0.159. The predicted molar refractivity (Wildman–Crippen MR) is 71.3 cm³/mol. The Kier molecular flexibility index (Phi) is 3.28. The molecule has 3 unspecified atom stereocenters. The normalized spacial score (nSPS) is 28.3. The molecule has 0 aliphatic carbocycles. The Balaban J connectivity index is 1.62. The molecule has 2 saturated heterocycles. The Hall–Kier alpha value is -1.40. The van der Waals surface area contributed by atoms with Gasteiger partial charge in [0.15, 0.2) is 0 Å². The van der Waals surface area contributed by atoms with Gasteiger partial charge >= 0.3 is 0 Å². The van der Waals surface area contributed by atoms with E-state index in [0.717, 1.165) is 18.5 Å². The van der Waals surface area contributed by atoms with Crippen molar-refractivity contribution in [2.45, 2.75) is 37.4 Å². The number of nitrogens with two attached hydrogens (primary N) is 1. The van der Waals surface area contributed by atoms with Gasteiger partial charge in [-0.2, -0.15) is 5.10 Å². The van der Waals surface area contributed by atoms with Crippen molar-refractivity contribution in [2.24, 2.45) is 12.8 Å². The smallest absolute Gasteiger partial charge is 0.241 e. The fourth-order valence-electron chi connectivity index (χ4n) is 3.28. The van der Waals surface area contributed by atoms with Crippen LogP contribution in [0.3, 0.4) is 0 Å². The van der Waals surface area contributed by atoms with Crippen LogP contribution in [0.15, 0.2) is 12.4 Å². The largest absolute Gasteiger partial charge is 0.350 e. The summed E-state index contributed by atoms with van der Waals surface area (Å²) in [5.74, 6) is -0.0910. The molecule has 2 aliphatic heterocycles. The number of amides is 1. The zero-order valence-corrected chi connectivity index (χ0v) is 11.2. The molecule has 3 rings (SSSR count). The van der Waals surface area contributed by atoms with Crippen molar-refractivity contribution in [2.75, 3.05) is 13.1 Å². The molecule has 2 fully saturated rings. The fraction of sp³-hybridized carbons (Fsp3) is 0.692. The van der Waals surface area contributed by atoms with Crippen molar-refractivity contribution in [1.29, 1.82) is 0 Å². The van der Waals surface area contributed by atoms with Crippen LogP contribution in [0.1, 0.15) is 30.9 Å². The van der Waals surface area contributed by atoms with Crippen LogP contribution in [0, 0.1) is 0 Å². The summed E-state index contributed by atoms with van der Waals surface area (Å²) < 4.78 is 1.66. The zero-order chi connectivity index (χ0) is 13.4. The third kappa shape index (κ3) is 2.37. The van der Waals surface area contributed by atoms with Crippen molar-refractivity contribution in [3.05, 3.63) is 18.0 Å². The average Bonchev–Trinajstić information content (AvgIpc) is 3.06. The molecule has 0 aromatic carbocycles. The number of hydrogen-bond acceptors (Lipinski definition) is 4. The van der Waals surface area contributed by atoms with E-state index in [1.807, 2.05) is 7.05 Å². The van der Waals surface area contributed by atoms with Crippen molar-refractivity contribution >= 4 is 5.91 Å². The Bertz CT molecular complexity index is 471. The molecule has 0 saturated carbocycles. The van der Waals surface area contributed by atoms with Gasteiger partial charge in [0.2, 0.25) is 5.91 Å². The SMILES string of the molecule is Cn1cc(C(N)C(=O)NC2CCN3CCCC23)cn1. The van der Waals surface area contributed by atoms with E-state index in [0.29, 0.717) is 6.04 Å². The number of carbonyl (C=O) groups excluding carboxylic acids is 1. The van der Waals surface area contributed by atoms with Gasteiger partial charge in [-0.05, 0) is 25.8 Å². The molecule has 1 aromatic heterocycles. The monoisotopic (exact) mass is 263 g/mol. The van der Waals surface area contributed by atoms with E-state index in [9.17, 15) is 4.79 Å². The highest BCUT2D eigenvalue weighted by atomic mass is 16.2. The number of hydrogen-bond donors (Lipinski definition) is 2. The van der Waals surface area contributed by atoms with Crippen LogP contribution in [0.25, 0.3) is 0 Å². The van der Waals surface area contributed by atoms with Gasteiger partial charge in [-0.1, -0.05) is 0 Å². The van der Waals surface area contributed by atoms with E-state index in [1.54, 1.807) is 17.1 Å². The quantitative estimate of drug-likeness (QED) is 0.790. The molecular weight excluding hydrogens is 242 g/mol. The van der Waals surface area contributed by atoms with Gasteiger partial charge in [-0.3, -0.25) is 14.4 Å². The minimum atomic E-state index is -0.621. The minimum Gasteiger partial charge on any atom is -0.350 e. The number of nitrogens with zero attached hydrogens (tertiary/aromatic N) is 3. The molecule has 0 bridgehead atoms. The third-order valence-corrected chi connectivity index (χ3v) is 4.30. The summed E-state index contributed by atoms with van der Waals surface area (Å²) >= 11 is 0. The second-order valence-electron chi connectivity index (χ2n) is 5.57. The Morgan fingerprint density at radius 2 is 2.37 bits per heavy atom. The summed E-state index contributed by atoms with van der Waals surface area (Å²) in [6.07, 6.45) is 6.91. The summed E-state index contributed by atoms with van der Waals surface area (Å²) in [7, 11) is 1.82. The van der Waals surface area contributed by atoms with Crippen LogP contribution in [-0.2, 0) is 11.8 Å². The van der Waals surface area contributed by atoms with Crippen LogP contribution in [0.4, 0.5) is 0 Å². The third-order valence-electron chi connectivity index (χ3n) is 4.30. The van der Waals surface area contributed by atoms with Gasteiger partial charge in [-0.15, -0.1) is 0 Å².